The molecule has 0 amide bonds. The van der Waals surface area contributed by atoms with Crippen molar-refractivity contribution in [3.63, 3.8) is 0 Å². The van der Waals surface area contributed by atoms with E-state index in [1.165, 1.54) is 23.6 Å². The van der Waals surface area contributed by atoms with Crippen LogP contribution in [0.5, 0.6) is 0 Å². The molecular formula is C14H23N3S. The first kappa shape index (κ1) is 13.5. The number of pyridine rings is 1. The molecule has 1 fully saturated rings. The average Bonchev–Trinajstić information content (AvgIpc) is 2.28. The Labute approximate surface area is 114 Å². The van der Waals surface area contributed by atoms with Crippen LogP contribution in [0.15, 0.2) is 18.5 Å². The maximum Gasteiger partial charge on any atom is 0.0766 e. The van der Waals surface area contributed by atoms with Crippen molar-refractivity contribution in [2.75, 3.05) is 35.8 Å². The van der Waals surface area contributed by atoms with E-state index < -0.39 is 0 Å². The normalized spacial score (nSPS) is 22.6. The molecule has 0 radical (unpaired) electrons. The fraction of sp³-hybridized carbons (Fsp3) is 0.643. The maximum atomic E-state index is 4.23. The van der Waals surface area contributed by atoms with Gasteiger partial charge in [-0.15, -0.1) is 0 Å². The van der Waals surface area contributed by atoms with Gasteiger partial charge < -0.3 is 10.2 Å². The Bertz CT molecular complexity index is 404. The average molecular weight is 265 g/mol. The van der Waals surface area contributed by atoms with Crippen LogP contribution in [0, 0.1) is 5.41 Å². The molecule has 1 aliphatic heterocycles. The zero-order chi connectivity index (χ0) is 13.2. The van der Waals surface area contributed by atoms with E-state index in [0.29, 0.717) is 11.5 Å². The summed E-state index contributed by atoms with van der Waals surface area (Å²) in [4.78, 5) is 6.36. The first-order valence-corrected chi connectivity index (χ1v) is 7.59. The number of hydrogen-bond donors (Lipinski definition) is 1. The Morgan fingerprint density at radius 3 is 2.89 bits per heavy atom. The molecule has 2 rings (SSSR count). The summed E-state index contributed by atoms with van der Waals surface area (Å²) in [5.41, 5.74) is 2.78. The number of aromatic nitrogens is 1. The third-order valence-electron chi connectivity index (χ3n) is 3.25. The van der Waals surface area contributed by atoms with Crippen molar-refractivity contribution in [3.8, 4) is 0 Å². The van der Waals surface area contributed by atoms with Gasteiger partial charge in [0.05, 0.1) is 17.6 Å². The minimum Gasteiger partial charge on any atom is -0.379 e. The highest BCUT2D eigenvalue weighted by Gasteiger charge is 2.28. The van der Waals surface area contributed by atoms with Crippen molar-refractivity contribution in [1.82, 2.24) is 4.98 Å². The molecule has 2 heterocycles. The molecule has 3 nitrogen and oxygen atoms in total. The zero-order valence-corrected chi connectivity index (χ0v) is 12.5. The fourth-order valence-corrected chi connectivity index (χ4v) is 3.74. The summed E-state index contributed by atoms with van der Waals surface area (Å²) in [6, 6.07) is 2.60. The van der Waals surface area contributed by atoms with Crippen LogP contribution in [0.25, 0.3) is 0 Å². The fourth-order valence-electron chi connectivity index (χ4n) is 2.46. The molecule has 1 aromatic heterocycles. The second-order valence-electron chi connectivity index (χ2n) is 6.01. The number of thioether (sulfide) groups is 1. The predicted molar refractivity (Wildman–Crippen MR) is 81.7 cm³/mol. The summed E-state index contributed by atoms with van der Waals surface area (Å²) in [6.07, 6.45) is 5.00. The van der Waals surface area contributed by atoms with Crippen LogP contribution < -0.4 is 10.2 Å². The molecule has 0 aromatic carbocycles. The van der Waals surface area contributed by atoms with Crippen molar-refractivity contribution in [3.05, 3.63) is 18.5 Å². The van der Waals surface area contributed by atoms with Crippen LogP contribution >= 0.6 is 11.8 Å². The minimum atomic E-state index is 0.432. The molecule has 1 unspecified atom stereocenters. The van der Waals surface area contributed by atoms with E-state index in [2.05, 4.69) is 49.2 Å². The molecule has 0 bridgehead atoms. The molecule has 0 spiro atoms. The van der Waals surface area contributed by atoms with E-state index in [9.17, 15) is 0 Å². The largest absolute Gasteiger partial charge is 0.379 e. The number of anilines is 2. The molecule has 1 aliphatic rings. The SMILES string of the molecule is CN(C)c1ccncc1NC1CSCC(C)(C)C1. The van der Waals surface area contributed by atoms with Gasteiger partial charge in [-0.25, -0.2) is 0 Å². The van der Waals surface area contributed by atoms with Gasteiger partial charge in [0.1, 0.15) is 0 Å². The highest BCUT2D eigenvalue weighted by atomic mass is 32.2. The van der Waals surface area contributed by atoms with Crippen LogP contribution in [0.3, 0.4) is 0 Å². The van der Waals surface area contributed by atoms with Gasteiger partial charge in [0.25, 0.3) is 0 Å². The summed E-state index contributed by atoms with van der Waals surface area (Å²) in [7, 11) is 4.14. The van der Waals surface area contributed by atoms with Crippen molar-refractivity contribution in [1.29, 1.82) is 0 Å². The molecular weight excluding hydrogens is 242 g/mol. The van der Waals surface area contributed by atoms with Gasteiger partial charge in [0.2, 0.25) is 0 Å². The van der Waals surface area contributed by atoms with Crippen molar-refractivity contribution >= 4 is 23.1 Å². The number of nitrogens with one attached hydrogen (secondary N) is 1. The predicted octanol–water partition coefficient (Wildman–Crippen LogP) is 3.09. The lowest BCUT2D eigenvalue weighted by molar-refractivity contribution is 0.358. The van der Waals surface area contributed by atoms with Crippen molar-refractivity contribution in [2.45, 2.75) is 26.3 Å². The smallest absolute Gasteiger partial charge is 0.0766 e. The third-order valence-corrected chi connectivity index (χ3v) is 4.87. The lowest BCUT2D eigenvalue weighted by Crippen LogP contribution is -2.35. The minimum absolute atomic E-state index is 0.432. The van der Waals surface area contributed by atoms with E-state index in [-0.39, 0.29) is 0 Å². The topological polar surface area (TPSA) is 28.2 Å². The Hall–Kier alpha value is -0.900. The monoisotopic (exact) mass is 265 g/mol. The van der Waals surface area contributed by atoms with Crippen molar-refractivity contribution < 1.29 is 0 Å². The molecule has 18 heavy (non-hydrogen) atoms. The van der Waals surface area contributed by atoms with Gasteiger partial charge in [-0.2, -0.15) is 11.8 Å². The highest BCUT2D eigenvalue weighted by Crippen LogP contribution is 2.35. The molecule has 1 saturated heterocycles. The zero-order valence-electron chi connectivity index (χ0n) is 11.7. The first-order chi connectivity index (χ1) is 8.48. The maximum absolute atomic E-state index is 4.23. The van der Waals surface area contributed by atoms with E-state index in [1.807, 2.05) is 24.2 Å². The van der Waals surface area contributed by atoms with Gasteiger partial charge in [-0.3, -0.25) is 4.98 Å². The third kappa shape index (κ3) is 3.31. The molecule has 1 aromatic rings. The molecule has 1 atom stereocenters. The van der Waals surface area contributed by atoms with Crippen LogP contribution in [-0.4, -0.2) is 36.6 Å². The van der Waals surface area contributed by atoms with Crippen LogP contribution in [0.4, 0.5) is 11.4 Å². The van der Waals surface area contributed by atoms with Gasteiger partial charge in [-0.1, -0.05) is 13.8 Å². The Kier molecular flexibility index (Phi) is 4.05. The van der Waals surface area contributed by atoms with E-state index in [4.69, 9.17) is 0 Å². The Balaban J connectivity index is 2.09. The molecule has 100 valence electrons. The Morgan fingerprint density at radius 1 is 1.44 bits per heavy atom. The van der Waals surface area contributed by atoms with E-state index >= 15 is 0 Å². The van der Waals surface area contributed by atoms with Crippen molar-refractivity contribution in [2.24, 2.45) is 5.41 Å². The molecule has 4 heteroatoms. The second kappa shape index (κ2) is 5.39. The summed E-state index contributed by atoms with van der Waals surface area (Å²) in [5.74, 6) is 2.45. The lowest BCUT2D eigenvalue weighted by Gasteiger charge is -2.36. The number of nitrogens with zero attached hydrogens (tertiary/aromatic N) is 2. The second-order valence-corrected chi connectivity index (χ2v) is 7.04. The van der Waals surface area contributed by atoms with Crippen LogP contribution in [-0.2, 0) is 0 Å². The lowest BCUT2D eigenvalue weighted by atomic mass is 9.88. The summed E-state index contributed by atoms with van der Waals surface area (Å²) in [6.45, 7) is 4.70. The van der Waals surface area contributed by atoms with Gasteiger partial charge in [-0.05, 0) is 23.7 Å². The van der Waals surface area contributed by atoms with E-state index in [1.54, 1.807) is 0 Å². The standard InChI is InChI=1S/C14H23N3S/c1-14(2)7-11(9-18-10-14)16-12-8-15-6-5-13(12)17(3)4/h5-6,8,11,16H,7,9-10H2,1-4H3. The van der Waals surface area contributed by atoms with Crippen LogP contribution in [0.1, 0.15) is 20.3 Å². The quantitative estimate of drug-likeness (QED) is 0.909. The van der Waals surface area contributed by atoms with Crippen LogP contribution in [0.2, 0.25) is 0 Å². The Morgan fingerprint density at radius 2 is 2.22 bits per heavy atom. The summed E-state index contributed by atoms with van der Waals surface area (Å²) in [5, 5.41) is 3.66. The van der Waals surface area contributed by atoms with Gasteiger partial charge in [0.15, 0.2) is 0 Å². The highest BCUT2D eigenvalue weighted by molar-refractivity contribution is 7.99. The summed E-state index contributed by atoms with van der Waals surface area (Å²) >= 11 is 2.05. The molecule has 0 saturated carbocycles. The summed E-state index contributed by atoms with van der Waals surface area (Å²) < 4.78 is 0. The van der Waals surface area contributed by atoms with E-state index in [0.717, 1.165) is 5.69 Å². The van der Waals surface area contributed by atoms with Gasteiger partial charge in [0, 0.05) is 32.1 Å². The number of rotatable bonds is 3. The number of hydrogen-bond acceptors (Lipinski definition) is 4. The molecule has 0 aliphatic carbocycles. The van der Waals surface area contributed by atoms with Gasteiger partial charge >= 0.3 is 0 Å². The first-order valence-electron chi connectivity index (χ1n) is 6.43. The molecule has 1 N–H and O–H groups in total.